The highest BCUT2D eigenvalue weighted by Crippen LogP contribution is 2.07. The molecule has 0 aliphatic heterocycles. The smallest absolute Gasteiger partial charge is 0.123 e. The molecule has 2 rings (SSSR count). The summed E-state index contributed by atoms with van der Waals surface area (Å²) in [7, 11) is -0.469. The van der Waals surface area contributed by atoms with Gasteiger partial charge in [0, 0.05) is 0 Å². The quantitative estimate of drug-likeness (QED) is 0.722. The van der Waals surface area contributed by atoms with Crippen molar-refractivity contribution in [2.24, 2.45) is 0 Å². The Hall–Kier alpha value is -1.41. The molecular weight excluding hydrogens is 227 g/mol. The lowest BCUT2D eigenvalue weighted by Crippen LogP contribution is -2.26. The average molecular weight is 243 g/mol. The van der Waals surface area contributed by atoms with Crippen LogP contribution in [0.1, 0.15) is 5.56 Å². The number of hydrogen-bond acceptors (Lipinski definition) is 0. The van der Waals surface area contributed by atoms with Crippen LogP contribution < -0.4 is 5.19 Å². The topological polar surface area (TPSA) is 0 Å². The molecule has 0 aromatic heterocycles. The highest BCUT2D eigenvalue weighted by Gasteiger charge is 2.07. The second kappa shape index (κ2) is 5.78. The van der Waals surface area contributed by atoms with E-state index in [9.17, 15) is 4.39 Å². The predicted molar refractivity (Wildman–Crippen MR) is 72.6 cm³/mol. The van der Waals surface area contributed by atoms with E-state index in [-0.39, 0.29) is 5.82 Å². The van der Waals surface area contributed by atoms with Gasteiger partial charge in [-0.3, -0.25) is 0 Å². The fourth-order valence-electron chi connectivity index (χ4n) is 1.85. The molecule has 0 fully saturated rings. The lowest BCUT2D eigenvalue weighted by atomic mass is 10.2. The molecule has 0 aliphatic carbocycles. The van der Waals surface area contributed by atoms with Gasteiger partial charge in [0.15, 0.2) is 0 Å². The molecule has 87 valence electrons. The molecule has 2 heteroatoms. The summed E-state index contributed by atoms with van der Waals surface area (Å²) in [4.78, 5) is 0. The summed E-state index contributed by atoms with van der Waals surface area (Å²) >= 11 is 0. The van der Waals surface area contributed by atoms with Crippen molar-refractivity contribution in [2.75, 3.05) is 0 Å². The van der Waals surface area contributed by atoms with Crippen LogP contribution in [0.25, 0.3) is 0 Å². The molecule has 2 aromatic carbocycles. The first-order valence-corrected chi connectivity index (χ1v) is 8.09. The molecule has 2 aromatic rings. The van der Waals surface area contributed by atoms with Crippen molar-refractivity contribution in [1.29, 1.82) is 0 Å². The number of hydrogen-bond donors (Lipinski definition) is 0. The molecule has 17 heavy (non-hydrogen) atoms. The van der Waals surface area contributed by atoms with Gasteiger partial charge >= 0.3 is 0 Å². The van der Waals surface area contributed by atoms with Crippen LogP contribution in [0.5, 0.6) is 0 Å². The average Bonchev–Trinajstić information content (AvgIpc) is 2.39. The zero-order valence-corrected chi connectivity index (χ0v) is 11.0. The highest BCUT2D eigenvalue weighted by atomic mass is 28.3. The van der Waals surface area contributed by atoms with Crippen molar-refractivity contribution in [2.45, 2.75) is 19.0 Å². The molecule has 0 saturated heterocycles. The standard InChI is InChI=1S/C15H16FSi/c1-17(15-5-3-2-4-6-15)12-11-13-7-9-14(16)10-8-13/h2-10H,11-12H2,1H3. The summed E-state index contributed by atoms with van der Waals surface area (Å²) in [6.07, 6.45) is 1.04. The molecule has 0 saturated carbocycles. The summed E-state index contributed by atoms with van der Waals surface area (Å²) < 4.78 is 12.8. The van der Waals surface area contributed by atoms with E-state index < -0.39 is 8.80 Å². The zero-order valence-electron chi connectivity index (χ0n) is 9.99. The Morgan fingerprint density at radius 1 is 0.941 bits per heavy atom. The van der Waals surface area contributed by atoms with Gasteiger partial charge in [-0.25, -0.2) is 4.39 Å². The van der Waals surface area contributed by atoms with Crippen LogP contribution >= 0.6 is 0 Å². The second-order valence-electron chi connectivity index (χ2n) is 4.27. The molecule has 0 spiro atoms. The Morgan fingerprint density at radius 2 is 1.59 bits per heavy atom. The zero-order chi connectivity index (χ0) is 12.1. The Balaban J connectivity index is 1.92. The fraction of sp³-hybridized carbons (Fsp3) is 0.200. The summed E-state index contributed by atoms with van der Waals surface area (Å²) in [5.41, 5.74) is 1.23. The summed E-state index contributed by atoms with van der Waals surface area (Å²) in [6.45, 7) is 2.34. The third kappa shape index (κ3) is 3.53. The number of halogens is 1. The second-order valence-corrected chi connectivity index (χ2v) is 6.91. The molecule has 0 nitrogen and oxygen atoms in total. The van der Waals surface area contributed by atoms with Crippen molar-refractivity contribution in [3.05, 3.63) is 66.0 Å². The van der Waals surface area contributed by atoms with Crippen molar-refractivity contribution >= 4 is 14.0 Å². The third-order valence-corrected chi connectivity index (χ3v) is 5.29. The van der Waals surface area contributed by atoms with Crippen LogP contribution in [-0.2, 0) is 6.42 Å². The fourth-order valence-corrected chi connectivity index (χ4v) is 3.56. The predicted octanol–water partition coefficient (Wildman–Crippen LogP) is 3.40. The van der Waals surface area contributed by atoms with Crippen LogP contribution in [0, 0.1) is 5.82 Å². The van der Waals surface area contributed by atoms with Crippen LogP contribution in [0.15, 0.2) is 54.6 Å². The minimum Gasteiger partial charge on any atom is -0.207 e. The molecule has 0 atom stereocenters. The first-order valence-electron chi connectivity index (χ1n) is 5.88. The lowest BCUT2D eigenvalue weighted by Gasteiger charge is -2.09. The van der Waals surface area contributed by atoms with Crippen LogP contribution in [0.4, 0.5) is 4.39 Å². The first-order chi connectivity index (χ1) is 8.25. The van der Waals surface area contributed by atoms with Crippen molar-refractivity contribution < 1.29 is 4.39 Å². The Kier molecular flexibility index (Phi) is 4.10. The normalized spacial score (nSPS) is 10.8. The minimum absolute atomic E-state index is 0.154. The van der Waals surface area contributed by atoms with Gasteiger partial charge in [0.2, 0.25) is 0 Å². The van der Waals surface area contributed by atoms with E-state index in [4.69, 9.17) is 0 Å². The van der Waals surface area contributed by atoms with E-state index in [1.807, 2.05) is 12.1 Å². The molecule has 0 N–H and O–H groups in total. The molecular formula is C15H16FSi. The molecule has 0 unspecified atom stereocenters. The Morgan fingerprint density at radius 3 is 2.24 bits per heavy atom. The van der Waals surface area contributed by atoms with Crippen LogP contribution in [-0.4, -0.2) is 8.80 Å². The number of aryl methyl sites for hydroxylation is 1. The summed E-state index contributed by atoms with van der Waals surface area (Å²) in [5, 5.41) is 1.47. The van der Waals surface area contributed by atoms with Gasteiger partial charge in [0.1, 0.15) is 5.82 Å². The molecule has 0 heterocycles. The maximum Gasteiger partial charge on any atom is 0.123 e. The van der Waals surface area contributed by atoms with E-state index in [1.165, 1.54) is 16.8 Å². The number of benzene rings is 2. The van der Waals surface area contributed by atoms with Gasteiger partial charge in [-0.15, -0.1) is 0 Å². The third-order valence-electron chi connectivity index (χ3n) is 2.97. The van der Waals surface area contributed by atoms with Crippen molar-refractivity contribution in [3.8, 4) is 0 Å². The molecule has 0 amide bonds. The van der Waals surface area contributed by atoms with Crippen molar-refractivity contribution in [1.82, 2.24) is 0 Å². The Labute approximate surface area is 104 Å². The Bertz CT molecular complexity index is 450. The maximum absolute atomic E-state index is 12.8. The molecule has 0 bridgehead atoms. The van der Waals surface area contributed by atoms with Gasteiger partial charge < -0.3 is 0 Å². The largest absolute Gasteiger partial charge is 0.207 e. The summed E-state index contributed by atoms with van der Waals surface area (Å²) in [5.74, 6) is -0.154. The van der Waals surface area contributed by atoms with Gasteiger partial charge in [0.25, 0.3) is 0 Å². The van der Waals surface area contributed by atoms with E-state index in [2.05, 4.69) is 36.9 Å². The lowest BCUT2D eigenvalue weighted by molar-refractivity contribution is 0.627. The van der Waals surface area contributed by atoms with Gasteiger partial charge in [-0.05, 0) is 24.1 Å². The first kappa shape index (κ1) is 12.1. The SMILES string of the molecule is C[Si](CCc1ccc(F)cc1)c1ccccc1. The van der Waals surface area contributed by atoms with E-state index in [0.29, 0.717) is 0 Å². The number of rotatable bonds is 4. The van der Waals surface area contributed by atoms with E-state index in [0.717, 1.165) is 6.42 Å². The van der Waals surface area contributed by atoms with Crippen molar-refractivity contribution in [3.63, 3.8) is 0 Å². The van der Waals surface area contributed by atoms with Crippen LogP contribution in [0.3, 0.4) is 0 Å². The molecule has 1 radical (unpaired) electrons. The minimum atomic E-state index is -0.469. The monoisotopic (exact) mass is 243 g/mol. The van der Waals surface area contributed by atoms with Crippen LogP contribution in [0.2, 0.25) is 12.6 Å². The highest BCUT2D eigenvalue weighted by molar-refractivity contribution is 6.72. The maximum atomic E-state index is 12.8. The summed E-state index contributed by atoms with van der Waals surface area (Å²) in [6, 6.07) is 18.7. The van der Waals surface area contributed by atoms with E-state index in [1.54, 1.807) is 12.1 Å². The van der Waals surface area contributed by atoms with Gasteiger partial charge in [0.05, 0.1) is 8.80 Å². The molecule has 0 aliphatic rings. The van der Waals surface area contributed by atoms with Gasteiger partial charge in [-0.2, -0.15) is 0 Å². The van der Waals surface area contributed by atoms with Gasteiger partial charge in [-0.1, -0.05) is 60.2 Å². The van der Waals surface area contributed by atoms with E-state index >= 15 is 0 Å².